The van der Waals surface area contributed by atoms with E-state index < -0.39 is 0 Å². The zero-order valence-corrected chi connectivity index (χ0v) is 11.5. The van der Waals surface area contributed by atoms with Crippen LogP contribution in [0.15, 0.2) is 54.6 Å². The second-order valence-corrected chi connectivity index (χ2v) is 4.39. The molecule has 0 atom stereocenters. The Morgan fingerprint density at radius 1 is 1.10 bits per heavy atom. The van der Waals surface area contributed by atoms with Gasteiger partial charge in [0.05, 0.1) is 0 Å². The molecule has 1 amide bonds. The smallest absolute Gasteiger partial charge is 0.264 e. The third kappa shape index (κ3) is 3.36. The lowest BCUT2D eigenvalue weighted by atomic mass is 10.2. The third-order valence-electron chi connectivity index (χ3n) is 3.06. The van der Waals surface area contributed by atoms with Crippen molar-refractivity contribution in [2.24, 2.45) is 5.73 Å². The van der Waals surface area contributed by atoms with Crippen molar-refractivity contribution < 1.29 is 9.53 Å². The van der Waals surface area contributed by atoms with Crippen molar-refractivity contribution in [2.45, 2.75) is 6.54 Å². The molecule has 0 spiro atoms. The number of ether oxygens (including phenoxy) is 1. The van der Waals surface area contributed by atoms with E-state index in [0.29, 0.717) is 12.3 Å². The summed E-state index contributed by atoms with van der Waals surface area (Å²) in [6, 6.07) is 16.9. The van der Waals surface area contributed by atoms with Crippen LogP contribution in [0, 0.1) is 0 Å². The number of amides is 1. The van der Waals surface area contributed by atoms with Crippen LogP contribution in [0.3, 0.4) is 0 Å². The minimum Gasteiger partial charge on any atom is -0.483 e. The number of likely N-dealkylation sites (N-methyl/N-ethyl adjacent to an activating group) is 1. The molecule has 0 aromatic heterocycles. The van der Waals surface area contributed by atoms with Crippen LogP contribution >= 0.6 is 0 Å². The molecule has 0 heterocycles. The van der Waals surface area contributed by atoms with Crippen molar-refractivity contribution in [1.29, 1.82) is 0 Å². The van der Waals surface area contributed by atoms with Crippen LogP contribution in [0.25, 0.3) is 0 Å². The maximum absolute atomic E-state index is 12.1. The van der Waals surface area contributed by atoms with E-state index in [2.05, 4.69) is 0 Å². The predicted octanol–water partition coefficient (Wildman–Crippen LogP) is 2.19. The van der Waals surface area contributed by atoms with E-state index in [1.807, 2.05) is 54.6 Å². The second kappa shape index (κ2) is 6.73. The molecule has 104 valence electrons. The Morgan fingerprint density at radius 3 is 2.45 bits per heavy atom. The first-order valence-electron chi connectivity index (χ1n) is 6.44. The van der Waals surface area contributed by atoms with E-state index in [1.165, 1.54) is 0 Å². The van der Waals surface area contributed by atoms with Crippen molar-refractivity contribution in [3.63, 3.8) is 0 Å². The van der Waals surface area contributed by atoms with Crippen molar-refractivity contribution in [1.82, 2.24) is 0 Å². The summed E-state index contributed by atoms with van der Waals surface area (Å²) in [5, 5.41) is 0. The summed E-state index contributed by atoms with van der Waals surface area (Å²) >= 11 is 0. The van der Waals surface area contributed by atoms with E-state index in [9.17, 15) is 4.79 Å². The molecule has 0 fully saturated rings. The van der Waals surface area contributed by atoms with Crippen LogP contribution in [-0.4, -0.2) is 19.6 Å². The number of nitrogens with zero attached hydrogens (tertiary/aromatic N) is 1. The maximum Gasteiger partial charge on any atom is 0.264 e. The first-order chi connectivity index (χ1) is 9.72. The van der Waals surface area contributed by atoms with Gasteiger partial charge in [0.1, 0.15) is 5.75 Å². The summed E-state index contributed by atoms with van der Waals surface area (Å²) in [5.41, 5.74) is 7.36. The fourth-order valence-corrected chi connectivity index (χ4v) is 1.85. The number of carbonyl (C=O) groups excluding carboxylic acids is 1. The van der Waals surface area contributed by atoms with Gasteiger partial charge in [0.2, 0.25) is 0 Å². The van der Waals surface area contributed by atoms with Crippen LogP contribution in [0.1, 0.15) is 5.56 Å². The molecule has 2 N–H and O–H groups in total. The summed E-state index contributed by atoms with van der Waals surface area (Å²) in [5.74, 6) is 0.549. The molecule has 4 heteroatoms. The van der Waals surface area contributed by atoms with Crippen LogP contribution in [-0.2, 0) is 11.3 Å². The fraction of sp³-hybridized carbons (Fsp3) is 0.188. The predicted molar refractivity (Wildman–Crippen MR) is 79.7 cm³/mol. The van der Waals surface area contributed by atoms with Gasteiger partial charge in [-0.05, 0) is 18.2 Å². The molecule has 2 rings (SSSR count). The molecule has 2 aromatic rings. The largest absolute Gasteiger partial charge is 0.483 e. The Hall–Kier alpha value is -2.33. The highest BCUT2D eigenvalue weighted by Crippen LogP contribution is 2.17. The van der Waals surface area contributed by atoms with Crippen molar-refractivity contribution in [3.05, 3.63) is 60.2 Å². The Labute approximate surface area is 118 Å². The number of para-hydroxylation sites is 2. The summed E-state index contributed by atoms with van der Waals surface area (Å²) in [6.45, 7) is 0.376. The minimum absolute atomic E-state index is 0.0115. The highest BCUT2D eigenvalue weighted by molar-refractivity contribution is 5.93. The van der Waals surface area contributed by atoms with Gasteiger partial charge in [-0.15, -0.1) is 0 Å². The Kier molecular flexibility index (Phi) is 4.74. The van der Waals surface area contributed by atoms with Crippen LogP contribution in [0.4, 0.5) is 5.69 Å². The van der Waals surface area contributed by atoms with Gasteiger partial charge in [0.25, 0.3) is 5.91 Å². The van der Waals surface area contributed by atoms with Crippen LogP contribution in [0.5, 0.6) is 5.75 Å². The number of benzene rings is 2. The van der Waals surface area contributed by atoms with E-state index >= 15 is 0 Å². The molecule has 0 radical (unpaired) electrons. The van der Waals surface area contributed by atoms with Gasteiger partial charge in [0.15, 0.2) is 6.61 Å². The van der Waals surface area contributed by atoms with Crippen molar-refractivity contribution >= 4 is 11.6 Å². The van der Waals surface area contributed by atoms with Gasteiger partial charge in [-0.25, -0.2) is 0 Å². The maximum atomic E-state index is 12.1. The highest BCUT2D eigenvalue weighted by Gasteiger charge is 2.12. The molecular weight excluding hydrogens is 252 g/mol. The SMILES string of the molecule is CN(C(=O)COc1ccccc1CN)c1ccccc1. The quantitative estimate of drug-likeness (QED) is 0.906. The topological polar surface area (TPSA) is 55.6 Å². The number of hydrogen-bond donors (Lipinski definition) is 1. The van der Waals surface area contributed by atoms with Gasteiger partial charge < -0.3 is 15.4 Å². The lowest BCUT2D eigenvalue weighted by Crippen LogP contribution is -2.31. The number of rotatable bonds is 5. The first-order valence-corrected chi connectivity index (χ1v) is 6.44. The molecule has 0 aliphatic carbocycles. The van der Waals surface area contributed by atoms with Crippen molar-refractivity contribution in [2.75, 3.05) is 18.6 Å². The third-order valence-corrected chi connectivity index (χ3v) is 3.06. The first kappa shape index (κ1) is 14.1. The van der Waals surface area contributed by atoms with Gasteiger partial charge in [-0.1, -0.05) is 36.4 Å². The monoisotopic (exact) mass is 270 g/mol. The van der Waals surface area contributed by atoms with Crippen LogP contribution in [0.2, 0.25) is 0 Å². The Morgan fingerprint density at radius 2 is 1.75 bits per heavy atom. The van der Waals surface area contributed by atoms with Crippen LogP contribution < -0.4 is 15.4 Å². The standard InChI is InChI=1S/C16H18N2O2/c1-18(14-8-3-2-4-9-14)16(19)12-20-15-10-6-5-7-13(15)11-17/h2-10H,11-12,17H2,1H3. The highest BCUT2D eigenvalue weighted by atomic mass is 16.5. The van der Waals surface area contributed by atoms with Gasteiger partial charge in [-0.3, -0.25) is 4.79 Å². The van der Waals surface area contributed by atoms with Crippen molar-refractivity contribution in [3.8, 4) is 5.75 Å². The van der Waals surface area contributed by atoms with Gasteiger partial charge in [0, 0.05) is 24.8 Å². The zero-order valence-electron chi connectivity index (χ0n) is 11.5. The minimum atomic E-state index is -0.108. The number of anilines is 1. The lowest BCUT2D eigenvalue weighted by molar-refractivity contribution is -0.120. The van der Waals surface area contributed by atoms with E-state index in [1.54, 1.807) is 11.9 Å². The molecular formula is C16H18N2O2. The summed E-state index contributed by atoms with van der Waals surface area (Å²) in [4.78, 5) is 13.7. The number of hydrogen-bond acceptors (Lipinski definition) is 3. The normalized spacial score (nSPS) is 10.1. The molecule has 0 saturated carbocycles. The average molecular weight is 270 g/mol. The lowest BCUT2D eigenvalue weighted by Gasteiger charge is -2.18. The second-order valence-electron chi connectivity index (χ2n) is 4.39. The van der Waals surface area contributed by atoms with E-state index in [0.717, 1.165) is 11.3 Å². The zero-order chi connectivity index (χ0) is 14.4. The molecule has 2 aromatic carbocycles. The number of nitrogens with two attached hydrogens (primary N) is 1. The molecule has 20 heavy (non-hydrogen) atoms. The summed E-state index contributed by atoms with van der Waals surface area (Å²) in [6.07, 6.45) is 0. The van der Waals surface area contributed by atoms with Gasteiger partial charge >= 0.3 is 0 Å². The molecule has 0 bridgehead atoms. The molecule has 4 nitrogen and oxygen atoms in total. The average Bonchev–Trinajstić information content (AvgIpc) is 2.53. The summed E-state index contributed by atoms with van der Waals surface area (Å²) in [7, 11) is 1.73. The molecule has 0 unspecified atom stereocenters. The van der Waals surface area contributed by atoms with Gasteiger partial charge in [-0.2, -0.15) is 0 Å². The molecule has 0 aliphatic rings. The Balaban J connectivity index is 1.99. The molecule has 0 aliphatic heterocycles. The van der Waals surface area contributed by atoms with E-state index in [4.69, 9.17) is 10.5 Å². The molecule has 0 saturated heterocycles. The summed E-state index contributed by atoms with van der Waals surface area (Å²) < 4.78 is 5.56. The van der Waals surface area contributed by atoms with E-state index in [-0.39, 0.29) is 12.5 Å². The number of carbonyl (C=O) groups is 1. The fourth-order valence-electron chi connectivity index (χ4n) is 1.85. The Bertz CT molecular complexity index is 570.